The quantitative estimate of drug-likeness (QED) is 0.758. The average Bonchev–Trinajstić information content (AvgIpc) is 2.05. The summed E-state index contributed by atoms with van der Waals surface area (Å²) in [4.78, 5) is 3.74. The number of hydrogen-bond acceptors (Lipinski definition) is 3. The van der Waals surface area contributed by atoms with E-state index in [0.717, 1.165) is 6.20 Å². The first kappa shape index (κ1) is 10.9. The Labute approximate surface area is 83.5 Å². The van der Waals surface area contributed by atoms with Crippen LogP contribution in [0.25, 0.3) is 0 Å². The van der Waals surface area contributed by atoms with Gasteiger partial charge in [0, 0.05) is 17.6 Å². The van der Waals surface area contributed by atoms with Gasteiger partial charge in [-0.2, -0.15) is 0 Å². The number of aromatic nitrogens is 1. The zero-order valence-electron chi connectivity index (χ0n) is 8.76. The van der Waals surface area contributed by atoms with E-state index in [9.17, 15) is 4.39 Å². The molecule has 0 aromatic carbocycles. The monoisotopic (exact) mass is 197 g/mol. The van der Waals surface area contributed by atoms with Crippen LogP contribution in [0.1, 0.15) is 26.3 Å². The number of rotatable bonds is 2. The molecule has 0 spiro atoms. The maximum absolute atomic E-state index is 12.8. The Kier molecular flexibility index (Phi) is 3.06. The van der Waals surface area contributed by atoms with Gasteiger partial charge in [-0.15, -0.1) is 0 Å². The van der Waals surface area contributed by atoms with Gasteiger partial charge in [0.1, 0.15) is 11.6 Å². The number of hydrogen-bond donors (Lipinski definition) is 2. The minimum Gasteiger partial charge on any atom is -0.383 e. The van der Waals surface area contributed by atoms with E-state index in [0.29, 0.717) is 17.9 Å². The first-order valence-corrected chi connectivity index (χ1v) is 4.53. The third-order valence-electron chi connectivity index (χ3n) is 1.78. The van der Waals surface area contributed by atoms with Gasteiger partial charge in [-0.05, 0) is 26.8 Å². The summed E-state index contributed by atoms with van der Waals surface area (Å²) in [7, 11) is 0. The van der Waals surface area contributed by atoms with Gasteiger partial charge in [0.15, 0.2) is 0 Å². The average molecular weight is 197 g/mol. The molecule has 0 bridgehead atoms. The van der Waals surface area contributed by atoms with Crippen molar-refractivity contribution in [2.75, 3.05) is 5.73 Å². The summed E-state index contributed by atoms with van der Waals surface area (Å²) in [5.74, 6) is 0.0214. The summed E-state index contributed by atoms with van der Waals surface area (Å²) in [5.41, 5.74) is 6.28. The SMILES string of the molecule is CC(C)(C)NCc1cc(F)cnc1N. The summed E-state index contributed by atoms with van der Waals surface area (Å²) < 4.78 is 12.8. The summed E-state index contributed by atoms with van der Waals surface area (Å²) in [6.45, 7) is 6.64. The van der Waals surface area contributed by atoms with E-state index in [4.69, 9.17) is 5.73 Å². The lowest BCUT2D eigenvalue weighted by Gasteiger charge is -2.20. The molecule has 0 saturated heterocycles. The fourth-order valence-corrected chi connectivity index (χ4v) is 0.994. The molecule has 1 heterocycles. The van der Waals surface area contributed by atoms with E-state index < -0.39 is 0 Å². The van der Waals surface area contributed by atoms with Crippen molar-refractivity contribution in [2.45, 2.75) is 32.9 Å². The molecule has 14 heavy (non-hydrogen) atoms. The van der Waals surface area contributed by atoms with Gasteiger partial charge < -0.3 is 11.1 Å². The Morgan fingerprint density at radius 1 is 1.50 bits per heavy atom. The number of anilines is 1. The first-order chi connectivity index (χ1) is 6.38. The Hall–Kier alpha value is -1.16. The highest BCUT2D eigenvalue weighted by Crippen LogP contribution is 2.11. The molecule has 1 aromatic rings. The molecule has 0 aliphatic rings. The molecule has 1 rings (SSSR count). The zero-order chi connectivity index (χ0) is 10.8. The highest BCUT2D eigenvalue weighted by atomic mass is 19.1. The van der Waals surface area contributed by atoms with Crippen LogP contribution in [0, 0.1) is 5.82 Å². The van der Waals surface area contributed by atoms with Gasteiger partial charge in [0.2, 0.25) is 0 Å². The Morgan fingerprint density at radius 2 is 2.14 bits per heavy atom. The van der Waals surface area contributed by atoms with Crippen LogP contribution in [0.2, 0.25) is 0 Å². The number of nitrogens with two attached hydrogens (primary N) is 1. The van der Waals surface area contributed by atoms with E-state index in [-0.39, 0.29) is 11.4 Å². The smallest absolute Gasteiger partial charge is 0.141 e. The summed E-state index contributed by atoms with van der Waals surface area (Å²) >= 11 is 0. The van der Waals surface area contributed by atoms with Gasteiger partial charge in [-0.25, -0.2) is 9.37 Å². The molecule has 0 radical (unpaired) electrons. The Balaban J connectivity index is 2.72. The van der Waals surface area contributed by atoms with Crippen LogP contribution in [0.15, 0.2) is 12.3 Å². The van der Waals surface area contributed by atoms with E-state index in [1.165, 1.54) is 6.07 Å². The second-order valence-electron chi connectivity index (χ2n) is 4.30. The molecule has 0 atom stereocenters. The lowest BCUT2D eigenvalue weighted by atomic mass is 10.1. The van der Waals surface area contributed by atoms with Crippen molar-refractivity contribution in [3.63, 3.8) is 0 Å². The Morgan fingerprint density at radius 3 is 2.71 bits per heavy atom. The predicted octanol–water partition coefficient (Wildman–Crippen LogP) is 1.69. The molecule has 3 nitrogen and oxygen atoms in total. The zero-order valence-corrected chi connectivity index (χ0v) is 8.76. The van der Waals surface area contributed by atoms with Crippen LogP contribution in [0.3, 0.4) is 0 Å². The number of pyridine rings is 1. The predicted molar refractivity (Wildman–Crippen MR) is 55.2 cm³/mol. The maximum atomic E-state index is 12.8. The van der Waals surface area contributed by atoms with Crippen LogP contribution < -0.4 is 11.1 Å². The lowest BCUT2D eigenvalue weighted by Crippen LogP contribution is -2.35. The first-order valence-electron chi connectivity index (χ1n) is 4.53. The van der Waals surface area contributed by atoms with Crippen LogP contribution in [0.4, 0.5) is 10.2 Å². The minimum atomic E-state index is -0.357. The fourth-order valence-electron chi connectivity index (χ4n) is 0.994. The van der Waals surface area contributed by atoms with Gasteiger partial charge in [0.25, 0.3) is 0 Å². The molecule has 78 valence electrons. The van der Waals surface area contributed by atoms with E-state index in [1.54, 1.807) is 0 Å². The van der Waals surface area contributed by atoms with Gasteiger partial charge in [0.05, 0.1) is 6.20 Å². The summed E-state index contributed by atoms with van der Waals surface area (Å²) in [5, 5.41) is 3.22. The van der Waals surface area contributed by atoms with Crippen LogP contribution in [-0.4, -0.2) is 10.5 Å². The number of nitrogens with one attached hydrogen (secondary N) is 1. The van der Waals surface area contributed by atoms with Crippen LogP contribution in [0.5, 0.6) is 0 Å². The molecular weight excluding hydrogens is 181 g/mol. The van der Waals surface area contributed by atoms with Gasteiger partial charge in [-0.1, -0.05) is 0 Å². The molecule has 3 N–H and O–H groups in total. The van der Waals surface area contributed by atoms with E-state index in [1.807, 2.05) is 20.8 Å². The molecule has 0 aliphatic heterocycles. The molecule has 0 saturated carbocycles. The number of nitrogen functional groups attached to an aromatic ring is 1. The van der Waals surface area contributed by atoms with Crippen molar-refractivity contribution in [3.05, 3.63) is 23.6 Å². The third-order valence-corrected chi connectivity index (χ3v) is 1.78. The molecule has 0 unspecified atom stereocenters. The normalized spacial score (nSPS) is 11.7. The van der Waals surface area contributed by atoms with Crippen LogP contribution >= 0.6 is 0 Å². The molecule has 0 amide bonds. The largest absolute Gasteiger partial charge is 0.383 e. The molecule has 0 aliphatic carbocycles. The maximum Gasteiger partial charge on any atom is 0.141 e. The van der Waals surface area contributed by atoms with Gasteiger partial charge >= 0.3 is 0 Å². The summed E-state index contributed by atoms with van der Waals surface area (Å²) in [6, 6.07) is 1.40. The number of nitrogens with zero attached hydrogens (tertiary/aromatic N) is 1. The highest BCUT2D eigenvalue weighted by molar-refractivity contribution is 5.38. The van der Waals surface area contributed by atoms with Crippen molar-refractivity contribution in [2.24, 2.45) is 0 Å². The molecule has 4 heteroatoms. The second-order valence-corrected chi connectivity index (χ2v) is 4.30. The number of halogens is 1. The Bertz CT molecular complexity index is 318. The van der Waals surface area contributed by atoms with Crippen molar-refractivity contribution >= 4 is 5.82 Å². The minimum absolute atomic E-state index is 0.0151. The van der Waals surface area contributed by atoms with E-state index >= 15 is 0 Å². The van der Waals surface area contributed by atoms with Crippen LogP contribution in [-0.2, 0) is 6.54 Å². The molecule has 0 fully saturated rings. The van der Waals surface area contributed by atoms with Crippen molar-refractivity contribution in [1.82, 2.24) is 10.3 Å². The van der Waals surface area contributed by atoms with Gasteiger partial charge in [-0.3, -0.25) is 0 Å². The molecular formula is C10H16FN3. The summed E-state index contributed by atoms with van der Waals surface area (Å²) in [6.07, 6.45) is 1.12. The third kappa shape index (κ3) is 3.30. The fraction of sp³-hybridized carbons (Fsp3) is 0.500. The topological polar surface area (TPSA) is 50.9 Å². The van der Waals surface area contributed by atoms with Crippen molar-refractivity contribution in [1.29, 1.82) is 0 Å². The molecule has 1 aromatic heterocycles. The second kappa shape index (κ2) is 3.92. The van der Waals surface area contributed by atoms with Crippen molar-refractivity contribution in [3.8, 4) is 0 Å². The standard InChI is InChI=1S/C10H16FN3/c1-10(2,3)14-5-7-4-8(11)6-13-9(7)12/h4,6,14H,5H2,1-3H3,(H2,12,13). The lowest BCUT2D eigenvalue weighted by molar-refractivity contribution is 0.423. The van der Waals surface area contributed by atoms with E-state index in [2.05, 4.69) is 10.3 Å². The van der Waals surface area contributed by atoms with Crippen molar-refractivity contribution < 1.29 is 4.39 Å². The highest BCUT2D eigenvalue weighted by Gasteiger charge is 2.10.